The number of hydrogen-bond acceptors (Lipinski definition) is 1. The van der Waals surface area contributed by atoms with E-state index < -0.39 is 0 Å². The third-order valence-electron chi connectivity index (χ3n) is 2.47. The van der Waals surface area contributed by atoms with Crippen LogP contribution in [-0.2, 0) is 0 Å². The molecule has 0 saturated heterocycles. The van der Waals surface area contributed by atoms with E-state index in [9.17, 15) is 0 Å². The lowest BCUT2D eigenvalue weighted by atomic mass is 10.0. The highest BCUT2D eigenvalue weighted by molar-refractivity contribution is 9.10. The minimum atomic E-state index is 0.470. The highest BCUT2D eigenvalue weighted by atomic mass is 79.9. The number of benzene rings is 1. The largest absolute Gasteiger partial charge is 0.303 e. The molecule has 0 radical (unpaired) electrons. The maximum atomic E-state index is 3.50. The van der Waals surface area contributed by atoms with Gasteiger partial charge in [0.2, 0.25) is 0 Å². The summed E-state index contributed by atoms with van der Waals surface area (Å²) in [6.45, 7) is 4.37. The van der Waals surface area contributed by atoms with Gasteiger partial charge in [0, 0.05) is 10.5 Å². The van der Waals surface area contributed by atoms with Crippen molar-refractivity contribution in [3.63, 3.8) is 0 Å². The first-order valence-electron chi connectivity index (χ1n) is 4.45. The van der Waals surface area contributed by atoms with Crippen LogP contribution in [0.5, 0.6) is 0 Å². The molecule has 0 bridgehead atoms. The van der Waals surface area contributed by atoms with Crippen LogP contribution in [-0.4, -0.2) is 19.0 Å². The van der Waals surface area contributed by atoms with Crippen LogP contribution in [0.15, 0.2) is 22.7 Å². The monoisotopic (exact) mass is 241 g/mol. The van der Waals surface area contributed by atoms with Crippen LogP contribution in [0.25, 0.3) is 0 Å². The summed E-state index contributed by atoms with van der Waals surface area (Å²) in [6.07, 6.45) is 0. The Hall–Kier alpha value is -0.340. The molecule has 0 aliphatic carbocycles. The van der Waals surface area contributed by atoms with Gasteiger partial charge in [-0.3, -0.25) is 0 Å². The second-order valence-electron chi connectivity index (χ2n) is 3.64. The van der Waals surface area contributed by atoms with Crippen LogP contribution >= 0.6 is 15.9 Å². The van der Waals surface area contributed by atoms with Crippen LogP contribution in [0, 0.1) is 6.92 Å². The van der Waals surface area contributed by atoms with Gasteiger partial charge in [-0.15, -0.1) is 0 Å². The standard InChI is InChI=1S/C11H16BrN/c1-8-5-6-10(12)7-11(8)9(2)13(3)4/h5-7,9H,1-4H3. The number of rotatable bonds is 2. The summed E-state index contributed by atoms with van der Waals surface area (Å²) in [5, 5.41) is 0. The van der Waals surface area contributed by atoms with Gasteiger partial charge in [0.15, 0.2) is 0 Å². The fourth-order valence-corrected chi connectivity index (χ4v) is 1.72. The molecule has 13 heavy (non-hydrogen) atoms. The highest BCUT2D eigenvalue weighted by Gasteiger charge is 2.10. The van der Waals surface area contributed by atoms with Crippen molar-refractivity contribution in [2.75, 3.05) is 14.1 Å². The van der Waals surface area contributed by atoms with Gasteiger partial charge in [0.1, 0.15) is 0 Å². The summed E-state index contributed by atoms with van der Waals surface area (Å²) < 4.78 is 1.15. The summed E-state index contributed by atoms with van der Waals surface area (Å²) in [4.78, 5) is 2.22. The molecule has 0 amide bonds. The molecule has 0 saturated carbocycles. The SMILES string of the molecule is Cc1ccc(Br)cc1C(C)N(C)C. The zero-order chi connectivity index (χ0) is 10.0. The summed E-state index contributed by atoms with van der Waals surface area (Å²) in [5.74, 6) is 0. The third kappa shape index (κ3) is 2.55. The summed E-state index contributed by atoms with van der Waals surface area (Å²) in [6, 6.07) is 6.90. The van der Waals surface area contributed by atoms with Crippen molar-refractivity contribution in [3.05, 3.63) is 33.8 Å². The molecule has 0 spiro atoms. The van der Waals surface area contributed by atoms with Crippen molar-refractivity contribution in [1.82, 2.24) is 4.90 Å². The van der Waals surface area contributed by atoms with Crippen molar-refractivity contribution >= 4 is 15.9 Å². The van der Waals surface area contributed by atoms with Gasteiger partial charge in [0.05, 0.1) is 0 Å². The lowest BCUT2D eigenvalue weighted by molar-refractivity contribution is 0.320. The molecule has 1 aromatic carbocycles. The van der Waals surface area contributed by atoms with E-state index in [1.54, 1.807) is 0 Å². The predicted octanol–water partition coefficient (Wildman–Crippen LogP) is 3.38. The molecule has 0 N–H and O–H groups in total. The van der Waals surface area contributed by atoms with Crippen molar-refractivity contribution < 1.29 is 0 Å². The Morgan fingerprint density at radius 1 is 1.31 bits per heavy atom. The van der Waals surface area contributed by atoms with Gasteiger partial charge in [0.25, 0.3) is 0 Å². The van der Waals surface area contributed by atoms with Gasteiger partial charge < -0.3 is 4.90 Å². The van der Waals surface area contributed by atoms with E-state index in [0.29, 0.717) is 6.04 Å². The van der Waals surface area contributed by atoms with E-state index in [1.165, 1.54) is 11.1 Å². The fourth-order valence-electron chi connectivity index (χ4n) is 1.34. The maximum Gasteiger partial charge on any atom is 0.0316 e. The molecule has 0 aliphatic rings. The molecule has 2 heteroatoms. The van der Waals surface area contributed by atoms with Crippen LogP contribution < -0.4 is 0 Å². The zero-order valence-electron chi connectivity index (χ0n) is 8.63. The fraction of sp³-hybridized carbons (Fsp3) is 0.455. The molecule has 1 nitrogen and oxygen atoms in total. The molecule has 0 heterocycles. The molecule has 0 aliphatic heterocycles. The van der Waals surface area contributed by atoms with Crippen LogP contribution in [0.4, 0.5) is 0 Å². The van der Waals surface area contributed by atoms with Gasteiger partial charge in [-0.05, 0) is 51.2 Å². The number of aryl methyl sites for hydroxylation is 1. The average Bonchev–Trinajstić information content (AvgIpc) is 2.08. The smallest absolute Gasteiger partial charge is 0.0316 e. The first-order valence-corrected chi connectivity index (χ1v) is 5.24. The Kier molecular flexibility index (Phi) is 3.51. The van der Waals surface area contributed by atoms with E-state index in [-0.39, 0.29) is 0 Å². The van der Waals surface area contributed by atoms with E-state index in [1.807, 2.05) is 0 Å². The van der Waals surface area contributed by atoms with Gasteiger partial charge in [-0.25, -0.2) is 0 Å². The second-order valence-corrected chi connectivity index (χ2v) is 4.56. The van der Waals surface area contributed by atoms with E-state index in [4.69, 9.17) is 0 Å². The molecule has 0 aromatic heterocycles. The molecular weight excluding hydrogens is 226 g/mol. The molecule has 0 fully saturated rings. The minimum absolute atomic E-state index is 0.470. The van der Waals surface area contributed by atoms with Gasteiger partial charge >= 0.3 is 0 Å². The number of halogens is 1. The van der Waals surface area contributed by atoms with Crippen molar-refractivity contribution in [2.24, 2.45) is 0 Å². The first-order chi connectivity index (χ1) is 6.02. The first kappa shape index (κ1) is 10.7. The van der Waals surface area contributed by atoms with Crippen molar-refractivity contribution in [3.8, 4) is 0 Å². The van der Waals surface area contributed by atoms with Gasteiger partial charge in [-0.1, -0.05) is 22.0 Å². The lowest BCUT2D eigenvalue weighted by Gasteiger charge is -2.22. The second kappa shape index (κ2) is 4.25. The van der Waals surface area contributed by atoms with Gasteiger partial charge in [-0.2, -0.15) is 0 Å². The number of hydrogen-bond donors (Lipinski definition) is 0. The molecule has 1 unspecified atom stereocenters. The quantitative estimate of drug-likeness (QED) is 0.768. The average molecular weight is 242 g/mol. The topological polar surface area (TPSA) is 3.24 Å². The Morgan fingerprint density at radius 2 is 1.92 bits per heavy atom. The Balaban J connectivity index is 3.05. The van der Waals surface area contributed by atoms with E-state index in [0.717, 1.165) is 4.47 Å². The minimum Gasteiger partial charge on any atom is -0.303 e. The Morgan fingerprint density at radius 3 is 2.46 bits per heavy atom. The van der Waals surface area contributed by atoms with Crippen LogP contribution in [0.3, 0.4) is 0 Å². The van der Waals surface area contributed by atoms with Crippen LogP contribution in [0.1, 0.15) is 24.1 Å². The molecular formula is C11H16BrN. The normalized spacial score (nSPS) is 13.4. The summed E-state index contributed by atoms with van der Waals surface area (Å²) in [5.41, 5.74) is 2.74. The Bertz CT molecular complexity index is 294. The molecule has 72 valence electrons. The van der Waals surface area contributed by atoms with E-state index >= 15 is 0 Å². The molecule has 1 atom stereocenters. The predicted molar refractivity (Wildman–Crippen MR) is 61.0 cm³/mol. The zero-order valence-corrected chi connectivity index (χ0v) is 10.2. The third-order valence-corrected chi connectivity index (χ3v) is 2.96. The molecule has 1 rings (SSSR count). The lowest BCUT2D eigenvalue weighted by Crippen LogP contribution is -2.17. The summed E-state index contributed by atoms with van der Waals surface area (Å²) >= 11 is 3.50. The number of nitrogens with zero attached hydrogens (tertiary/aromatic N) is 1. The summed E-state index contributed by atoms with van der Waals surface area (Å²) in [7, 11) is 4.20. The van der Waals surface area contributed by atoms with E-state index in [2.05, 4.69) is 67.0 Å². The molecule has 1 aromatic rings. The van der Waals surface area contributed by atoms with Crippen molar-refractivity contribution in [2.45, 2.75) is 19.9 Å². The Labute approximate surface area is 88.9 Å². The van der Waals surface area contributed by atoms with Crippen LogP contribution in [0.2, 0.25) is 0 Å². The highest BCUT2D eigenvalue weighted by Crippen LogP contribution is 2.24. The maximum absolute atomic E-state index is 3.50. The van der Waals surface area contributed by atoms with Crippen molar-refractivity contribution in [1.29, 1.82) is 0 Å².